The molecule has 2 aromatic rings. The Morgan fingerprint density at radius 2 is 1.82 bits per heavy atom. The summed E-state index contributed by atoms with van der Waals surface area (Å²) in [5.41, 5.74) is 8.43. The molecule has 0 aliphatic carbocycles. The number of hydrogen-bond donors (Lipinski definition) is 1. The molecule has 1 aromatic carbocycles. The van der Waals surface area contributed by atoms with Crippen LogP contribution in [0.2, 0.25) is 0 Å². The van der Waals surface area contributed by atoms with Crippen molar-refractivity contribution < 1.29 is 9.26 Å². The lowest BCUT2D eigenvalue weighted by Crippen LogP contribution is -2.52. The lowest BCUT2D eigenvalue weighted by atomic mass is 10.0. The minimum absolute atomic E-state index is 0.506. The molecule has 2 fully saturated rings. The normalized spacial score (nSPS) is 19.9. The molecule has 152 valence electrons. The van der Waals surface area contributed by atoms with Gasteiger partial charge in [-0.3, -0.25) is 4.90 Å². The molecule has 4 rings (SSSR count). The minimum Gasteiger partial charge on any atom is -0.495 e. The second-order valence-electron chi connectivity index (χ2n) is 7.87. The average Bonchev–Trinajstić information content (AvgIpc) is 3.19. The highest BCUT2D eigenvalue weighted by Gasteiger charge is 2.28. The van der Waals surface area contributed by atoms with Crippen molar-refractivity contribution in [3.05, 3.63) is 17.7 Å². The second-order valence-corrected chi connectivity index (χ2v) is 7.87. The number of anilines is 2. The summed E-state index contributed by atoms with van der Waals surface area (Å²) in [6, 6.07) is 4.40. The van der Waals surface area contributed by atoms with Gasteiger partial charge in [-0.05, 0) is 49.7 Å². The molecule has 8 heteroatoms. The first-order chi connectivity index (χ1) is 13.5. The lowest BCUT2D eigenvalue weighted by molar-refractivity contribution is 0.0980. The molecule has 0 bridgehead atoms. The summed E-state index contributed by atoms with van der Waals surface area (Å²) >= 11 is 0. The van der Waals surface area contributed by atoms with E-state index in [2.05, 4.69) is 31.9 Å². The smallest absolute Gasteiger partial charge is 0.266 e. The van der Waals surface area contributed by atoms with Crippen molar-refractivity contribution in [2.75, 3.05) is 64.1 Å². The lowest BCUT2D eigenvalue weighted by Gasteiger charge is -2.41. The Bertz CT molecular complexity index is 807. The molecule has 0 unspecified atom stereocenters. The van der Waals surface area contributed by atoms with Gasteiger partial charge in [0.2, 0.25) is 0 Å². The van der Waals surface area contributed by atoms with E-state index < -0.39 is 0 Å². The molecule has 8 nitrogen and oxygen atoms in total. The first-order valence-electron chi connectivity index (χ1n) is 10.0. The average molecular weight is 387 g/mol. The first-order valence-corrected chi connectivity index (χ1v) is 10.0. The number of piperazine rings is 1. The van der Waals surface area contributed by atoms with Gasteiger partial charge >= 0.3 is 0 Å². The van der Waals surface area contributed by atoms with E-state index in [0.29, 0.717) is 29.3 Å². The maximum Gasteiger partial charge on any atom is 0.266 e. The maximum atomic E-state index is 5.98. The summed E-state index contributed by atoms with van der Waals surface area (Å²) in [6.45, 7) is 8.58. The fourth-order valence-corrected chi connectivity index (χ4v) is 4.19. The number of aryl methyl sites for hydroxylation is 1. The number of nitrogen functional groups attached to an aromatic ring is 1. The van der Waals surface area contributed by atoms with Crippen LogP contribution in [-0.2, 0) is 0 Å². The van der Waals surface area contributed by atoms with Crippen molar-refractivity contribution >= 4 is 11.6 Å². The van der Waals surface area contributed by atoms with Crippen molar-refractivity contribution in [3.63, 3.8) is 0 Å². The van der Waals surface area contributed by atoms with Crippen LogP contribution in [0.15, 0.2) is 16.7 Å². The van der Waals surface area contributed by atoms with Crippen LogP contribution in [0.3, 0.4) is 0 Å². The predicted octanol–water partition coefficient (Wildman–Crippen LogP) is 1.85. The fraction of sp³-hybridized carbons (Fsp3) is 0.600. The van der Waals surface area contributed by atoms with E-state index in [9.17, 15) is 0 Å². The zero-order chi connectivity index (χ0) is 19.7. The predicted molar refractivity (Wildman–Crippen MR) is 110 cm³/mol. The summed E-state index contributed by atoms with van der Waals surface area (Å²) < 4.78 is 10.9. The van der Waals surface area contributed by atoms with E-state index in [0.717, 1.165) is 37.1 Å². The Morgan fingerprint density at radius 3 is 2.50 bits per heavy atom. The highest BCUT2D eigenvalue weighted by Crippen LogP contribution is 2.32. The summed E-state index contributed by atoms with van der Waals surface area (Å²) in [6.07, 6.45) is 2.28. The van der Waals surface area contributed by atoms with Crippen LogP contribution >= 0.6 is 0 Å². The summed E-state index contributed by atoms with van der Waals surface area (Å²) in [5, 5.41) is 4.23. The topological polar surface area (TPSA) is 83.9 Å². The SMILES string of the molecule is COc1cc(-c2nc(N3CCC(N4CCN(C)CC4)CC3)no2)c(C)cc1N. The van der Waals surface area contributed by atoms with Gasteiger partial charge in [0, 0.05) is 50.9 Å². The number of benzene rings is 1. The molecule has 0 saturated carbocycles. The summed E-state index contributed by atoms with van der Waals surface area (Å²) in [5.74, 6) is 1.79. The molecule has 2 aliphatic heterocycles. The van der Waals surface area contributed by atoms with Gasteiger partial charge in [0.05, 0.1) is 12.8 Å². The second kappa shape index (κ2) is 7.97. The van der Waals surface area contributed by atoms with E-state index in [1.165, 1.54) is 26.2 Å². The van der Waals surface area contributed by atoms with Crippen LogP contribution in [0.1, 0.15) is 18.4 Å². The van der Waals surface area contributed by atoms with Crippen LogP contribution in [0.5, 0.6) is 5.75 Å². The molecule has 2 aliphatic rings. The third kappa shape index (κ3) is 3.79. The number of nitrogens with zero attached hydrogens (tertiary/aromatic N) is 5. The highest BCUT2D eigenvalue weighted by atomic mass is 16.5. The van der Waals surface area contributed by atoms with Gasteiger partial charge in [-0.1, -0.05) is 0 Å². The molecule has 0 spiro atoms. The number of piperidine rings is 1. The van der Waals surface area contributed by atoms with Gasteiger partial charge in [0.15, 0.2) is 0 Å². The fourth-order valence-electron chi connectivity index (χ4n) is 4.19. The molecule has 0 radical (unpaired) electrons. The van der Waals surface area contributed by atoms with Gasteiger partial charge in [-0.2, -0.15) is 4.98 Å². The van der Waals surface area contributed by atoms with Crippen LogP contribution in [0, 0.1) is 6.92 Å². The Morgan fingerprint density at radius 1 is 1.11 bits per heavy atom. The van der Waals surface area contributed by atoms with Crippen LogP contribution in [-0.4, -0.2) is 79.4 Å². The molecule has 0 atom stereocenters. The molecular formula is C20H30N6O2. The molecule has 1 aromatic heterocycles. The number of methoxy groups -OCH3 is 1. The van der Waals surface area contributed by atoms with Crippen molar-refractivity contribution in [2.45, 2.75) is 25.8 Å². The van der Waals surface area contributed by atoms with Crippen molar-refractivity contribution in [1.82, 2.24) is 19.9 Å². The minimum atomic E-state index is 0.506. The van der Waals surface area contributed by atoms with Gasteiger partial charge in [-0.15, -0.1) is 0 Å². The Hall–Kier alpha value is -2.32. The first kappa shape index (κ1) is 19.0. The Kier molecular flexibility index (Phi) is 5.41. The van der Waals surface area contributed by atoms with Crippen molar-refractivity contribution in [3.8, 4) is 17.2 Å². The summed E-state index contributed by atoms with van der Waals surface area (Å²) in [7, 11) is 3.81. The molecule has 3 heterocycles. The number of hydrogen-bond acceptors (Lipinski definition) is 8. The zero-order valence-corrected chi connectivity index (χ0v) is 17.0. The Balaban J connectivity index is 1.42. The van der Waals surface area contributed by atoms with E-state index >= 15 is 0 Å². The third-order valence-corrected chi connectivity index (χ3v) is 6.02. The monoisotopic (exact) mass is 386 g/mol. The molecule has 28 heavy (non-hydrogen) atoms. The molecule has 2 saturated heterocycles. The highest BCUT2D eigenvalue weighted by molar-refractivity contribution is 5.69. The van der Waals surface area contributed by atoms with Crippen LogP contribution in [0.25, 0.3) is 11.5 Å². The number of nitrogens with two attached hydrogens (primary N) is 1. The van der Waals surface area contributed by atoms with Crippen LogP contribution in [0.4, 0.5) is 11.6 Å². The van der Waals surface area contributed by atoms with Gasteiger partial charge in [0.25, 0.3) is 11.8 Å². The molecule has 2 N–H and O–H groups in total. The van der Waals surface area contributed by atoms with E-state index in [1.807, 2.05) is 19.1 Å². The maximum absolute atomic E-state index is 5.98. The van der Waals surface area contributed by atoms with E-state index in [4.69, 9.17) is 15.0 Å². The number of aromatic nitrogens is 2. The van der Waals surface area contributed by atoms with Gasteiger partial charge in [-0.25, -0.2) is 0 Å². The quantitative estimate of drug-likeness (QED) is 0.797. The van der Waals surface area contributed by atoms with Gasteiger partial charge < -0.3 is 24.8 Å². The van der Waals surface area contributed by atoms with Crippen LogP contribution < -0.4 is 15.4 Å². The number of ether oxygens (including phenoxy) is 1. The third-order valence-electron chi connectivity index (χ3n) is 6.02. The van der Waals surface area contributed by atoms with E-state index in [1.54, 1.807) is 7.11 Å². The Labute approximate surface area is 166 Å². The molecule has 0 amide bonds. The van der Waals surface area contributed by atoms with Crippen molar-refractivity contribution in [1.29, 1.82) is 0 Å². The largest absolute Gasteiger partial charge is 0.495 e. The summed E-state index contributed by atoms with van der Waals surface area (Å²) in [4.78, 5) is 11.9. The number of likely N-dealkylation sites (N-methyl/N-ethyl adjacent to an activating group) is 1. The zero-order valence-electron chi connectivity index (χ0n) is 17.0. The van der Waals surface area contributed by atoms with Crippen molar-refractivity contribution in [2.24, 2.45) is 0 Å². The van der Waals surface area contributed by atoms with E-state index in [-0.39, 0.29) is 0 Å². The molecular weight excluding hydrogens is 356 g/mol. The van der Waals surface area contributed by atoms with Gasteiger partial charge in [0.1, 0.15) is 5.75 Å². The number of rotatable bonds is 4. The standard InChI is InChI=1S/C20H30N6O2/c1-14-12-17(21)18(27-3)13-16(14)19-22-20(23-28-19)26-6-4-15(5-7-26)25-10-8-24(2)9-11-25/h12-13,15H,4-11,21H2,1-3H3.